The molecule has 0 saturated carbocycles. The number of rotatable bonds is 3. The van der Waals surface area contributed by atoms with Crippen LogP contribution in [-0.2, 0) is 6.54 Å². The Hall–Kier alpha value is -1.06. The van der Waals surface area contributed by atoms with Crippen LogP contribution in [0.25, 0.3) is 0 Å². The zero-order valence-corrected chi connectivity index (χ0v) is 14.5. The second-order valence-corrected chi connectivity index (χ2v) is 7.54. The number of hydrogen-bond donors (Lipinski definition) is 1. The van der Waals surface area contributed by atoms with Crippen LogP contribution in [0.2, 0.25) is 0 Å². The molecule has 1 aliphatic heterocycles. The van der Waals surface area contributed by atoms with Gasteiger partial charge in [0.05, 0.1) is 0 Å². The minimum atomic E-state index is 0.168. The summed E-state index contributed by atoms with van der Waals surface area (Å²) in [5.41, 5.74) is 2.87. The van der Waals surface area contributed by atoms with Crippen LogP contribution in [0, 0.1) is 0 Å². The van der Waals surface area contributed by atoms with Gasteiger partial charge in [-0.1, -0.05) is 12.1 Å². The lowest BCUT2D eigenvalue weighted by Gasteiger charge is -2.43. The van der Waals surface area contributed by atoms with Crippen molar-refractivity contribution in [2.24, 2.45) is 0 Å². The van der Waals surface area contributed by atoms with E-state index < -0.39 is 0 Å². The van der Waals surface area contributed by atoms with Crippen molar-refractivity contribution in [1.29, 1.82) is 0 Å². The third-order valence-corrected chi connectivity index (χ3v) is 4.48. The fourth-order valence-corrected chi connectivity index (χ4v) is 2.81. The molecule has 1 heterocycles. The van der Waals surface area contributed by atoms with Gasteiger partial charge < -0.3 is 10.2 Å². The Labute approximate surface area is 130 Å². The minimum Gasteiger partial charge on any atom is -0.368 e. The average molecular weight is 289 g/mol. The van der Waals surface area contributed by atoms with Gasteiger partial charge in [0.1, 0.15) is 0 Å². The molecule has 0 aliphatic carbocycles. The number of nitrogens with zero attached hydrogens (tertiary/aromatic N) is 2. The predicted octanol–water partition coefficient (Wildman–Crippen LogP) is 3.10. The summed E-state index contributed by atoms with van der Waals surface area (Å²) in [6, 6.07) is 10.3. The lowest BCUT2D eigenvalue weighted by molar-refractivity contribution is 0.170. The van der Waals surface area contributed by atoms with E-state index >= 15 is 0 Å². The van der Waals surface area contributed by atoms with Gasteiger partial charge in [-0.05, 0) is 59.4 Å². The van der Waals surface area contributed by atoms with Crippen LogP contribution in [0.1, 0.15) is 40.2 Å². The van der Waals surface area contributed by atoms with Gasteiger partial charge in [-0.25, -0.2) is 0 Å². The number of piperazine rings is 1. The van der Waals surface area contributed by atoms with E-state index in [4.69, 9.17) is 0 Å². The van der Waals surface area contributed by atoms with Crippen LogP contribution in [0.3, 0.4) is 0 Å². The van der Waals surface area contributed by atoms with E-state index in [1.807, 2.05) is 0 Å². The molecule has 0 bridgehead atoms. The Morgan fingerprint density at radius 1 is 1.05 bits per heavy atom. The maximum absolute atomic E-state index is 3.54. The summed E-state index contributed by atoms with van der Waals surface area (Å²) in [7, 11) is 2.23. The van der Waals surface area contributed by atoms with Gasteiger partial charge in [-0.3, -0.25) is 4.90 Å². The summed E-state index contributed by atoms with van der Waals surface area (Å²) >= 11 is 0. The molecule has 0 spiro atoms. The Morgan fingerprint density at radius 3 is 2.05 bits per heavy atom. The lowest BCUT2D eigenvalue weighted by Crippen LogP contribution is -2.55. The highest BCUT2D eigenvalue weighted by Crippen LogP contribution is 2.22. The van der Waals surface area contributed by atoms with E-state index in [1.54, 1.807) is 0 Å². The minimum absolute atomic E-state index is 0.168. The van der Waals surface area contributed by atoms with E-state index in [9.17, 15) is 0 Å². The topological polar surface area (TPSA) is 18.5 Å². The molecule has 118 valence electrons. The maximum Gasteiger partial charge on any atom is 0.0367 e. The van der Waals surface area contributed by atoms with Crippen molar-refractivity contribution in [1.82, 2.24) is 10.2 Å². The average Bonchev–Trinajstić information content (AvgIpc) is 2.42. The zero-order chi connectivity index (χ0) is 15.6. The van der Waals surface area contributed by atoms with Crippen molar-refractivity contribution in [3.63, 3.8) is 0 Å². The molecule has 1 N–H and O–H groups in total. The summed E-state index contributed by atoms with van der Waals surface area (Å²) in [5, 5.41) is 3.54. The molecule has 0 amide bonds. The normalized spacial score (nSPS) is 24.4. The standard InChI is InChI=1S/C18H31N3/c1-14-12-21(13-15(2)20(14)6)17-9-7-16(8-10-17)11-19-18(3,4)5/h7-10,14-15,19H,11-13H2,1-6H3. The Morgan fingerprint density at radius 2 is 1.57 bits per heavy atom. The number of anilines is 1. The van der Waals surface area contributed by atoms with E-state index in [0.717, 1.165) is 19.6 Å². The highest BCUT2D eigenvalue weighted by atomic mass is 15.3. The third-order valence-electron chi connectivity index (χ3n) is 4.48. The van der Waals surface area contributed by atoms with Gasteiger partial charge in [0.25, 0.3) is 0 Å². The van der Waals surface area contributed by atoms with E-state index in [0.29, 0.717) is 12.1 Å². The number of likely N-dealkylation sites (N-methyl/N-ethyl adjacent to an activating group) is 1. The molecule has 1 saturated heterocycles. The summed E-state index contributed by atoms with van der Waals surface area (Å²) in [4.78, 5) is 4.98. The van der Waals surface area contributed by atoms with Gasteiger partial charge in [0.15, 0.2) is 0 Å². The smallest absolute Gasteiger partial charge is 0.0367 e. The quantitative estimate of drug-likeness (QED) is 0.922. The van der Waals surface area contributed by atoms with E-state index in [2.05, 4.69) is 81.0 Å². The van der Waals surface area contributed by atoms with Crippen LogP contribution >= 0.6 is 0 Å². The molecule has 21 heavy (non-hydrogen) atoms. The molecule has 1 aliphatic rings. The first-order valence-corrected chi connectivity index (χ1v) is 8.07. The van der Waals surface area contributed by atoms with E-state index in [1.165, 1.54) is 11.3 Å². The number of nitrogens with one attached hydrogen (secondary N) is 1. The highest BCUT2D eigenvalue weighted by Gasteiger charge is 2.26. The van der Waals surface area contributed by atoms with Crippen LogP contribution in [-0.4, -0.2) is 42.7 Å². The van der Waals surface area contributed by atoms with Crippen LogP contribution in [0.15, 0.2) is 24.3 Å². The molecular formula is C18H31N3. The van der Waals surface area contributed by atoms with Crippen molar-refractivity contribution in [3.05, 3.63) is 29.8 Å². The third kappa shape index (κ3) is 4.45. The highest BCUT2D eigenvalue weighted by molar-refractivity contribution is 5.48. The molecule has 3 heteroatoms. The van der Waals surface area contributed by atoms with Gasteiger partial charge in [-0.15, -0.1) is 0 Å². The summed E-state index contributed by atoms with van der Waals surface area (Å²) in [6.45, 7) is 14.4. The fraction of sp³-hybridized carbons (Fsp3) is 0.667. The lowest BCUT2D eigenvalue weighted by atomic mass is 10.1. The summed E-state index contributed by atoms with van der Waals surface area (Å²) < 4.78 is 0. The second-order valence-electron chi connectivity index (χ2n) is 7.54. The Bertz CT molecular complexity index is 435. The molecule has 0 radical (unpaired) electrons. The number of benzene rings is 1. The maximum atomic E-state index is 3.54. The molecule has 1 aromatic carbocycles. The van der Waals surface area contributed by atoms with E-state index in [-0.39, 0.29) is 5.54 Å². The SMILES string of the molecule is CC1CN(c2ccc(CNC(C)(C)C)cc2)CC(C)N1C. The van der Waals surface area contributed by atoms with Crippen molar-refractivity contribution in [2.75, 3.05) is 25.0 Å². The Balaban J connectivity index is 1.99. The molecule has 2 unspecified atom stereocenters. The van der Waals surface area contributed by atoms with Gasteiger partial charge >= 0.3 is 0 Å². The van der Waals surface area contributed by atoms with Crippen molar-refractivity contribution >= 4 is 5.69 Å². The molecule has 0 aromatic heterocycles. The van der Waals surface area contributed by atoms with Gasteiger partial charge in [-0.2, -0.15) is 0 Å². The van der Waals surface area contributed by atoms with Crippen molar-refractivity contribution < 1.29 is 0 Å². The van der Waals surface area contributed by atoms with Crippen molar-refractivity contribution in [3.8, 4) is 0 Å². The van der Waals surface area contributed by atoms with Gasteiger partial charge in [0.2, 0.25) is 0 Å². The van der Waals surface area contributed by atoms with Crippen LogP contribution < -0.4 is 10.2 Å². The predicted molar refractivity (Wildman–Crippen MR) is 91.9 cm³/mol. The second kappa shape index (κ2) is 6.37. The van der Waals surface area contributed by atoms with Crippen LogP contribution in [0.5, 0.6) is 0 Å². The van der Waals surface area contributed by atoms with Crippen LogP contribution in [0.4, 0.5) is 5.69 Å². The fourth-order valence-electron chi connectivity index (χ4n) is 2.81. The molecule has 1 aromatic rings. The largest absolute Gasteiger partial charge is 0.368 e. The molecule has 1 fully saturated rings. The number of hydrogen-bond acceptors (Lipinski definition) is 3. The van der Waals surface area contributed by atoms with Gasteiger partial charge in [0, 0.05) is 42.9 Å². The first kappa shape index (κ1) is 16.3. The molecule has 2 atom stereocenters. The zero-order valence-electron chi connectivity index (χ0n) is 14.5. The summed E-state index contributed by atoms with van der Waals surface area (Å²) in [5.74, 6) is 0. The monoisotopic (exact) mass is 289 g/mol. The molecular weight excluding hydrogens is 258 g/mol. The summed E-state index contributed by atoms with van der Waals surface area (Å²) in [6.07, 6.45) is 0. The molecule has 2 rings (SSSR count). The Kier molecular flexibility index (Phi) is 4.95. The first-order valence-electron chi connectivity index (χ1n) is 8.07. The van der Waals surface area contributed by atoms with Crippen molar-refractivity contribution in [2.45, 2.75) is 58.8 Å². The first-order chi connectivity index (χ1) is 9.76. The molecule has 3 nitrogen and oxygen atoms in total.